The molecule has 2 N–H and O–H groups in total. The lowest BCUT2D eigenvalue weighted by molar-refractivity contribution is -0.118. The van der Waals surface area contributed by atoms with Gasteiger partial charge in [-0.25, -0.2) is 13.1 Å². The average molecular weight is 338 g/mol. The molecule has 2 aromatic rings. The first kappa shape index (κ1) is 15.0. The number of hydrogen-bond donors (Lipinski definition) is 2. The predicted octanol–water partition coefficient (Wildman–Crippen LogP) is 1.87. The minimum atomic E-state index is -3.51. The number of rotatable bonds is 4. The Morgan fingerprint density at radius 3 is 2.86 bits per heavy atom. The molecule has 3 rings (SSSR count). The van der Waals surface area contributed by atoms with E-state index in [1.807, 2.05) is 6.92 Å². The summed E-state index contributed by atoms with van der Waals surface area (Å²) in [6.45, 7) is 1.99. The Bertz CT molecular complexity index is 827. The van der Waals surface area contributed by atoms with E-state index >= 15 is 0 Å². The fraction of sp³-hybridized carbons (Fsp3) is 0.214. The first-order valence-electron chi connectivity index (χ1n) is 6.56. The molecule has 0 aliphatic carbocycles. The van der Waals surface area contributed by atoms with E-state index < -0.39 is 10.0 Å². The monoisotopic (exact) mass is 338 g/mol. The first-order valence-corrected chi connectivity index (χ1v) is 8.86. The summed E-state index contributed by atoms with van der Waals surface area (Å²) >= 11 is 1.23. The Balaban J connectivity index is 1.73. The SMILES string of the molecule is Cc1ccc(S(=O)(=O)NCc2ccc3c(c2)OCC(=O)N3)s1. The molecular formula is C14H14N2O4S2. The highest BCUT2D eigenvalue weighted by molar-refractivity contribution is 7.91. The highest BCUT2D eigenvalue weighted by atomic mass is 32.2. The number of benzene rings is 1. The normalized spacial score (nSPS) is 14.1. The van der Waals surface area contributed by atoms with Crippen LogP contribution < -0.4 is 14.8 Å². The number of aryl methyl sites for hydroxylation is 1. The summed E-state index contributed by atoms with van der Waals surface area (Å²) in [4.78, 5) is 12.1. The standard InChI is InChI=1S/C14H14N2O4S2/c1-9-2-5-14(21-9)22(18,19)15-7-10-3-4-11-12(6-10)20-8-13(17)16-11/h2-6,15H,7-8H2,1H3,(H,16,17). The Hall–Kier alpha value is -1.90. The first-order chi connectivity index (χ1) is 10.4. The second-order valence-corrected chi connectivity index (χ2v) is 8.14. The molecule has 116 valence electrons. The van der Waals surface area contributed by atoms with E-state index in [-0.39, 0.29) is 19.1 Å². The highest BCUT2D eigenvalue weighted by Crippen LogP contribution is 2.28. The van der Waals surface area contributed by atoms with Crippen LogP contribution in [-0.2, 0) is 21.4 Å². The molecule has 0 atom stereocenters. The fourth-order valence-electron chi connectivity index (χ4n) is 2.03. The van der Waals surface area contributed by atoms with Crippen LogP contribution in [0.4, 0.5) is 5.69 Å². The van der Waals surface area contributed by atoms with E-state index in [2.05, 4.69) is 10.0 Å². The molecule has 0 spiro atoms. The smallest absolute Gasteiger partial charge is 0.262 e. The van der Waals surface area contributed by atoms with Crippen molar-refractivity contribution in [3.63, 3.8) is 0 Å². The highest BCUT2D eigenvalue weighted by Gasteiger charge is 2.18. The molecule has 1 aromatic heterocycles. The topological polar surface area (TPSA) is 84.5 Å². The van der Waals surface area contributed by atoms with Gasteiger partial charge in [0.1, 0.15) is 9.96 Å². The summed E-state index contributed by atoms with van der Waals surface area (Å²) in [5, 5.41) is 2.69. The minimum Gasteiger partial charge on any atom is -0.482 e. The third-order valence-electron chi connectivity index (χ3n) is 3.13. The molecule has 22 heavy (non-hydrogen) atoms. The van der Waals surface area contributed by atoms with Gasteiger partial charge in [0.15, 0.2) is 6.61 Å². The lowest BCUT2D eigenvalue weighted by Crippen LogP contribution is -2.26. The molecule has 1 amide bonds. The zero-order valence-corrected chi connectivity index (χ0v) is 13.4. The van der Waals surface area contributed by atoms with Crippen molar-refractivity contribution in [2.45, 2.75) is 17.7 Å². The lowest BCUT2D eigenvalue weighted by atomic mass is 10.2. The van der Waals surface area contributed by atoms with Crippen molar-refractivity contribution in [2.24, 2.45) is 0 Å². The third-order valence-corrected chi connectivity index (χ3v) is 6.02. The third kappa shape index (κ3) is 3.13. The van der Waals surface area contributed by atoms with Gasteiger partial charge in [0.05, 0.1) is 5.69 Å². The number of hydrogen-bond acceptors (Lipinski definition) is 5. The van der Waals surface area contributed by atoms with Crippen LogP contribution in [0.25, 0.3) is 0 Å². The number of nitrogens with one attached hydrogen (secondary N) is 2. The van der Waals surface area contributed by atoms with Gasteiger partial charge in [0, 0.05) is 11.4 Å². The molecule has 0 fully saturated rings. The van der Waals surface area contributed by atoms with Gasteiger partial charge < -0.3 is 10.1 Å². The van der Waals surface area contributed by atoms with E-state index in [0.29, 0.717) is 15.6 Å². The van der Waals surface area contributed by atoms with Crippen molar-refractivity contribution in [1.29, 1.82) is 0 Å². The zero-order chi connectivity index (χ0) is 15.7. The maximum atomic E-state index is 12.2. The van der Waals surface area contributed by atoms with E-state index in [1.165, 1.54) is 11.3 Å². The molecular weight excluding hydrogens is 324 g/mol. The number of anilines is 1. The van der Waals surface area contributed by atoms with Crippen molar-refractivity contribution in [2.75, 3.05) is 11.9 Å². The molecule has 0 unspecified atom stereocenters. The van der Waals surface area contributed by atoms with E-state index in [4.69, 9.17) is 4.74 Å². The fourth-order valence-corrected chi connectivity index (χ4v) is 4.38. The van der Waals surface area contributed by atoms with Gasteiger partial charge in [-0.05, 0) is 36.8 Å². The van der Waals surface area contributed by atoms with Crippen LogP contribution in [0.2, 0.25) is 0 Å². The molecule has 1 aliphatic heterocycles. The number of carbonyl (C=O) groups is 1. The number of thiophene rings is 1. The second-order valence-electron chi connectivity index (χ2n) is 4.86. The maximum absolute atomic E-state index is 12.2. The van der Waals surface area contributed by atoms with Crippen molar-refractivity contribution in [1.82, 2.24) is 4.72 Å². The summed E-state index contributed by atoms with van der Waals surface area (Å²) in [6, 6.07) is 8.53. The van der Waals surface area contributed by atoms with Gasteiger partial charge in [0.2, 0.25) is 10.0 Å². The van der Waals surface area contributed by atoms with Crippen molar-refractivity contribution in [3.8, 4) is 5.75 Å². The molecule has 8 heteroatoms. The summed E-state index contributed by atoms with van der Waals surface area (Å²) in [6.07, 6.45) is 0. The Morgan fingerprint density at radius 1 is 1.32 bits per heavy atom. The van der Waals surface area contributed by atoms with Crippen molar-refractivity contribution in [3.05, 3.63) is 40.8 Å². The largest absolute Gasteiger partial charge is 0.482 e. The van der Waals surface area contributed by atoms with Gasteiger partial charge >= 0.3 is 0 Å². The number of amides is 1. The summed E-state index contributed by atoms with van der Waals surface area (Å²) < 4.78 is 32.5. The van der Waals surface area contributed by atoms with Crippen LogP contribution in [0.15, 0.2) is 34.5 Å². The van der Waals surface area contributed by atoms with Crippen molar-refractivity contribution < 1.29 is 17.9 Å². The van der Waals surface area contributed by atoms with Crippen LogP contribution >= 0.6 is 11.3 Å². The number of sulfonamides is 1. The molecule has 0 bridgehead atoms. The minimum absolute atomic E-state index is 0.0311. The number of carbonyl (C=O) groups excluding carboxylic acids is 1. The quantitative estimate of drug-likeness (QED) is 0.891. The van der Waals surface area contributed by atoms with Crippen LogP contribution in [0.5, 0.6) is 5.75 Å². The second kappa shape index (κ2) is 5.71. The molecule has 1 aromatic carbocycles. The Morgan fingerprint density at radius 2 is 2.14 bits per heavy atom. The lowest BCUT2D eigenvalue weighted by Gasteiger charge is -2.18. The van der Waals surface area contributed by atoms with Gasteiger partial charge in [0.25, 0.3) is 5.91 Å². The summed E-state index contributed by atoms with van der Waals surface area (Å²) in [5.41, 5.74) is 1.35. The van der Waals surface area contributed by atoms with E-state index in [1.54, 1.807) is 30.3 Å². The average Bonchev–Trinajstić information content (AvgIpc) is 2.92. The summed E-state index contributed by atoms with van der Waals surface area (Å²) in [7, 11) is -3.51. The molecule has 0 saturated carbocycles. The predicted molar refractivity (Wildman–Crippen MR) is 83.6 cm³/mol. The summed E-state index contributed by atoms with van der Waals surface area (Å²) in [5.74, 6) is 0.345. The van der Waals surface area contributed by atoms with Crippen LogP contribution in [-0.4, -0.2) is 20.9 Å². The molecule has 0 radical (unpaired) electrons. The molecule has 1 aliphatic rings. The maximum Gasteiger partial charge on any atom is 0.262 e. The van der Waals surface area contributed by atoms with Crippen LogP contribution in [0.3, 0.4) is 0 Å². The van der Waals surface area contributed by atoms with Gasteiger partial charge in [-0.1, -0.05) is 6.07 Å². The Kier molecular flexibility index (Phi) is 3.90. The van der Waals surface area contributed by atoms with Crippen LogP contribution in [0, 0.1) is 6.92 Å². The molecule has 0 saturated heterocycles. The molecule has 2 heterocycles. The number of ether oxygens (including phenoxy) is 1. The van der Waals surface area contributed by atoms with Gasteiger partial charge in [-0.3, -0.25) is 4.79 Å². The van der Waals surface area contributed by atoms with E-state index in [0.717, 1.165) is 10.4 Å². The van der Waals surface area contributed by atoms with Crippen molar-refractivity contribution >= 4 is 33.0 Å². The zero-order valence-electron chi connectivity index (χ0n) is 11.8. The van der Waals surface area contributed by atoms with Crippen LogP contribution in [0.1, 0.15) is 10.4 Å². The number of fused-ring (bicyclic) bond motifs is 1. The molecule has 6 nitrogen and oxygen atoms in total. The Labute approximate surface area is 132 Å². The van der Waals surface area contributed by atoms with Gasteiger partial charge in [-0.15, -0.1) is 11.3 Å². The van der Waals surface area contributed by atoms with Gasteiger partial charge in [-0.2, -0.15) is 0 Å². The van der Waals surface area contributed by atoms with E-state index in [9.17, 15) is 13.2 Å².